The minimum Gasteiger partial charge on any atom is -0.205 e. The third-order valence-electron chi connectivity index (χ3n) is 3.52. The second kappa shape index (κ2) is 6.73. The number of benzene rings is 2. The van der Waals surface area contributed by atoms with Crippen molar-refractivity contribution in [2.45, 2.75) is 31.5 Å². The monoisotopic (exact) mass is 354 g/mol. The summed E-state index contributed by atoms with van der Waals surface area (Å²) in [5, 5.41) is 0.157. The molecule has 0 N–H and O–H groups in total. The molecule has 0 saturated carbocycles. The molecular weight excluding hydrogens is 339 g/mol. The minimum atomic E-state index is -0.380. The van der Waals surface area contributed by atoms with Crippen LogP contribution >= 0.6 is 27.5 Å². The molecule has 0 heterocycles. The van der Waals surface area contributed by atoms with E-state index < -0.39 is 0 Å². The topological polar surface area (TPSA) is 0 Å². The van der Waals surface area contributed by atoms with Gasteiger partial charge in [0.15, 0.2) is 0 Å². The molecule has 0 aliphatic heterocycles. The van der Waals surface area contributed by atoms with Gasteiger partial charge in [-0.15, -0.1) is 0 Å². The van der Waals surface area contributed by atoms with Gasteiger partial charge >= 0.3 is 0 Å². The molecule has 0 aliphatic rings. The maximum Gasteiger partial charge on any atom is 0.142 e. The summed E-state index contributed by atoms with van der Waals surface area (Å²) in [7, 11) is 0. The van der Waals surface area contributed by atoms with Crippen LogP contribution in [0.15, 0.2) is 36.4 Å². The Balaban J connectivity index is 2.37. The van der Waals surface area contributed by atoms with E-state index in [1.807, 2.05) is 6.07 Å². The van der Waals surface area contributed by atoms with Crippen molar-refractivity contribution in [2.75, 3.05) is 0 Å². The Bertz CT molecular complexity index is 610. The summed E-state index contributed by atoms with van der Waals surface area (Å²) < 4.78 is 13.6. The molecule has 0 saturated heterocycles. The average Bonchev–Trinajstić information content (AvgIpc) is 2.48. The van der Waals surface area contributed by atoms with Crippen molar-refractivity contribution in [2.24, 2.45) is 0 Å². The minimum absolute atomic E-state index is 0.0227. The normalized spacial score (nSPS) is 12.4. The van der Waals surface area contributed by atoms with Crippen LogP contribution in [0.2, 0.25) is 5.02 Å². The van der Waals surface area contributed by atoms with Gasteiger partial charge < -0.3 is 0 Å². The van der Waals surface area contributed by atoms with Crippen LogP contribution in [0, 0.1) is 5.82 Å². The zero-order valence-corrected chi connectivity index (χ0v) is 13.9. The molecule has 106 valence electrons. The molecule has 2 aromatic rings. The van der Waals surface area contributed by atoms with Crippen LogP contribution in [0.4, 0.5) is 4.39 Å². The molecular formula is C17H17BrClF. The summed E-state index contributed by atoms with van der Waals surface area (Å²) in [6, 6.07) is 11.4. The lowest BCUT2D eigenvalue weighted by molar-refractivity contribution is 0.626. The van der Waals surface area contributed by atoms with Crippen LogP contribution in [-0.4, -0.2) is 0 Å². The molecule has 0 fully saturated rings. The maximum absolute atomic E-state index is 13.6. The Kier molecular flexibility index (Phi) is 5.22. The van der Waals surface area contributed by atoms with Crippen molar-refractivity contribution in [3.05, 3.63) is 69.5 Å². The van der Waals surface area contributed by atoms with E-state index in [4.69, 9.17) is 11.6 Å². The summed E-state index contributed by atoms with van der Waals surface area (Å²) >= 11 is 9.38. The fourth-order valence-corrected chi connectivity index (χ4v) is 3.03. The summed E-state index contributed by atoms with van der Waals surface area (Å²) in [5.74, 6) is -0.380. The van der Waals surface area contributed by atoms with Gasteiger partial charge in [0.1, 0.15) is 5.82 Å². The predicted molar refractivity (Wildman–Crippen MR) is 87.4 cm³/mol. The molecule has 0 amide bonds. The summed E-state index contributed by atoms with van der Waals surface area (Å²) in [6.07, 6.45) is 2.04. The highest BCUT2D eigenvalue weighted by atomic mass is 79.9. The average molecular weight is 356 g/mol. The first-order valence-electron chi connectivity index (χ1n) is 6.77. The van der Waals surface area contributed by atoms with Crippen LogP contribution in [0.3, 0.4) is 0 Å². The second-order valence-electron chi connectivity index (χ2n) is 4.77. The van der Waals surface area contributed by atoms with Gasteiger partial charge in [0.2, 0.25) is 0 Å². The Morgan fingerprint density at radius 2 is 1.60 bits per heavy atom. The molecule has 2 aromatic carbocycles. The standard InChI is InChI=1S/C17H17BrClF/c1-3-11-5-6-13(9-12(11)4-2)17(18)14-7-8-15(19)16(20)10-14/h5-10,17H,3-4H2,1-2H3. The first-order valence-corrected chi connectivity index (χ1v) is 8.06. The molecule has 0 radical (unpaired) electrons. The molecule has 1 unspecified atom stereocenters. The zero-order valence-electron chi connectivity index (χ0n) is 11.6. The van der Waals surface area contributed by atoms with Gasteiger partial charge in [-0.1, -0.05) is 65.6 Å². The predicted octanol–water partition coefficient (Wildman–Crippen LogP) is 6.09. The SMILES string of the molecule is CCc1ccc(C(Br)c2ccc(Cl)c(F)c2)cc1CC. The van der Waals surface area contributed by atoms with Crippen molar-refractivity contribution in [1.29, 1.82) is 0 Å². The van der Waals surface area contributed by atoms with Gasteiger partial charge in [-0.05, 0) is 47.2 Å². The Labute approximate surface area is 133 Å². The number of hydrogen-bond acceptors (Lipinski definition) is 0. The fourth-order valence-electron chi connectivity index (χ4n) is 2.34. The van der Waals surface area contributed by atoms with Crippen molar-refractivity contribution in [1.82, 2.24) is 0 Å². The van der Waals surface area contributed by atoms with E-state index in [-0.39, 0.29) is 15.7 Å². The van der Waals surface area contributed by atoms with E-state index in [2.05, 4.69) is 48.0 Å². The molecule has 0 bridgehead atoms. The summed E-state index contributed by atoms with van der Waals surface area (Å²) in [6.45, 7) is 4.32. The van der Waals surface area contributed by atoms with Gasteiger partial charge in [-0.2, -0.15) is 0 Å². The highest BCUT2D eigenvalue weighted by Crippen LogP contribution is 2.33. The van der Waals surface area contributed by atoms with Crippen molar-refractivity contribution in [3.63, 3.8) is 0 Å². The number of rotatable bonds is 4. The third kappa shape index (κ3) is 3.24. The van der Waals surface area contributed by atoms with E-state index in [0.29, 0.717) is 0 Å². The molecule has 20 heavy (non-hydrogen) atoms. The number of hydrogen-bond donors (Lipinski definition) is 0. The van der Waals surface area contributed by atoms with Gasteiger partial charge in [0.25, 0.3) is 0 Å². The highest BCUT2D eigenvalue weighted by Gasteiger charge is 2.13. The number of alkyl halides is 1. The van der Waals surface area contributed by atoms with E-state index in [9.17, 15) is 4.39 Å². The summed E-state index contributed by atoms with van der Waals surface area (Å²) in [5.41, 5.74) is 4.74. The van der Waals surface area contributed by atoms with E-state index in [1.54, 1.807) is 6.07 Å². The number of halogens is 3. The second-order valence-corrected chi connectivity index (χ2v) is 6.09. The lowest BCUT2D eigenvalue weighted by Gasteiger charge is -2.14. The smallest absolute Gasteiger partial charge is 0.142 e. The lowest BCUT2D eigenvalue weighted by atomic mass is 9.96. The Morgan fingerprint density at radius 3 is 2.20 bits per heavy atom. The molecule has 0 aromatic heterocycles. The molecule has 0 nitrogen and oxygen atoms in total. The van der Waals surface area contributed by atoms with Crippen LogP contribution in [0.25, 0.3) is 0 Å². The Hall–Kier alpha value is -0.860. The summed E-state index contributed by atoms with van der Waals surface area (Å²) in [4.78, 5) is -0.0227. The molecule has 0 aliphatic carbocycles. The zero-order chi connectivity index (χ0) is 14.7. The first kappa shape index (κ1) is 15.5. The van der Waals surface area contributed by atoms with Gasteiger partial charge in [0.05, 0.1) is 9.85 Å². The van der Waals surface area contributed by atoms with Crippen molar-refractivity contribution >= 4 is 27.5 Å². The third-order valence-corrected chi connectivity index (χ3v) is 4.88. The van der Waals surface area contributed by atoms with E-state index in [0.717, 1.165) is 24.0 Å². The van der Waals surface area contributed by atoms with Crippen molar-refractivity contribution < 1.29 is 4.39 Å². The van der Waals surface area contributed by atoms with Crippen LogP contribution in [-0.2, 0) is 12.8 Å². The molecule has 2 rings (SSSR count). The van der Waals surface area contributed by atoms with E-state index >= 15 is 0 Å². The van der Waals surface area contributed by atoms with Gasteiger partial charge in [-0.25, -0.2) is 4.39 Å². The van der Waals surface area contributed by atoms with Crippen LogP contribution < -0.4 is 0 Å². The van der Waals surface area contributed by atoms with Gasteiger partial charge in [-0.3, -0.25) is 0 Å². The molecule has 1 atom stereocenters. The fraction of sp³-hybridized carbons (Fsp3) is 0.294. The van der Waals surface area contributed by atoms with Crippen molar-refractivity contribution in [3.8, 4) is 0 Å². The quantitative estimate of drug-likeness (QED) is 0.582. The lowest BCUT2D eigenvalue weighted by Crippen LogP contribution is -1.98. The van der Waals surface area contributed by atoms with Crippen LogP contribution in [0.1, 0.15) is 40.9 Å². The van der Waals surface area contributed by atoms with E-state index in [1.165, 1.54) is 17.2 Å². The largest absolute Gasteiger partial charge is 0.205 e. The highest BCUT2D eigenvalue weighted by molar-refractivity contribution is 9.09. The number of aryl methyl sites for hydroxylation is 2. The molecule has 0 spiro atoms. The maximum atomic E-state index is 13.6. The molecule has 3 heteroatoms. The Morgan fingerprint density at radius 1 is 1.00 bits per heavy atom. The van der Waals surface area contributed by atoms with Crippen LogP contribution in [0.5, 0.6) is 0 Å². The first-order chi connectivity index (χ1) is 9.56. The van der Waals surface area contributed by atoms with Gasteiger partial charge in [0, 0.05) is 0 Å².